The van der Waals surface area contributed by atoms with Gasteiger partial charge in [0.2, 0.25) is 0 Å². The van der Waals surface area contributed by atoms with Crippen LogP contribution in [0.1, 0.15) is 38.2 Å². The summed E-state index contributed by atoms with van der Waals surface area (Å²) in [4.78, 5) is 0. The number of hydrogen-bond donors (Lipinski definition) is 1. The van der Waals surface area contributed by atoms with Crippen LogP contribution in [0.2, 0.25) is 0 Å². The topological polar surface area (TPSA) is 35.2 Å². The Balaban J connectivity index is 1.90. The lowest BCUT2D eigenvalue weighted by atomic mass is 9.89. The van der Waals surface area contributed by atoms with Gasteiger partial charge in [0.1, 0.15) is 5.75 Å². The monoisotopic (exact) mass is 309 g/mol. The van der Waals surface area contributed by atoms with Gasteiger partial charge in [-0.2, -0.15) is 0 Å². The number of nitrogens with two attached hydrogens (primary N) is 1. The quantitative estimate of drug-likeness (QED) is 0.901. The smallest absolute Gasteiger partial charge is 0.137 e. The van der Waals surface area contributed by atoms with Crippen molar-refractivity contribution in [2.45, 2.75) is 44.1 Å². The molecule has 0 heterocycles. The van der Waals surface area contributed by atoms with Gasteiger partial charge < -0.3 is 10.5 Å². The third kappa shape index (κ3) is 2.19. The molecule has 18 heavy (non-hydrogen) atoms. The van der Waals surface area contributed by atoms with Crippen molar-refractivity contribution in [1.29, 1.82) is 0 Å². The third-order valence-corrected chi connectivity index (χ3v) is 4.95. The minimum Gasteiger partial charge on any atom is -0.492 e. The van der Waals surface area contributed by atoms with Gasteiger partial charge in [0.05, 0.1) is 11.1 Å². The van der Waals surface area contributed by atoms with Crippen LogP contribution in [0.3, 0.4) is 0 Å². The van der Waals surface area contributed by atoms with Crippen molar-refractivity contribution in [2.24, 2.45) is 11.7 Å². The zero-order valence-corrected chi connectivity index (χ0v) is 12.4. The molecule has 2 aliphatic carbocycles. The lowest BCUT2D eigenvalue weighted by Crippen LogP contribution is -2.32. The molecule has 0 saturated heterocycles. The van der Waals surface area contributed by atoms with Gasteiger partial charge in [-0.3, -0.25) is 0 Å². The summed E-state index contributed by atoms with van der Waals surface area (Å²) in [6.45, 7) is 2.96. The molecule has 0 spiro atoms. The Morgan fingerprint density at radius 3 is 2.72 bits per heavy atom. The molecule has 0 aliphatic heterocycles. The average molecular weight is 310 g/mol. The number of ether oxygens (including phenoxy) is 1. The van der Waals surface area contributed by atoms with Crippen LogP contribution in [0, 0.1) is 5.92 Å². The summed E-state index contributed by atoms with van der Waals surface area (Å²) in [7, 11) is 0. The van der Waals surface area contributed by atoms with Gasteiger partial charge in [-0.15, -0.1) is 0 Å². The van der Waals surface area contributed by atoms with Gasteiger partial charge in [0.25, 0.3) is 0 Å². The molecule has 2 N–H and O–H groups in total. The van der Waals surface area contributed by atoms with E-state index in [9.17, 15) is 0 Å². The van der Waals surface area contributed by atoms with Gasteiger partial charge in [0.15, 0.2) is 0 Å². The fraction of sp³-hybridized carbons (Fsp3) is 0.600. The van der Waals surface area contributed by atoms with Crippen molar-refractivity contribution >= 4 is 15.9 Å². The Morgan fingerprint density at radius 2 is 2.17 bits per heavy atom. The normalized spacial score (nSPS) is 22.6. The molecular formula is C15H20BrNO. The fourth-order valence-electron chi connectivity index (χ4n) is 2.64. The highest BCUT2D eigenvalue weighted by atomic mass is 79.9. The predicted molar refractivity (Wildman–Crippen MR) is 76.9 cm³/mol. The lowest BCUT2D eigenvalue weighted by Gasteiger charge is -2.24. The average Bonchev–Trinajstić information content (AvgIpc) is 3.21. The van der Waals surface area contributed by atoms with Gasteiger partial charge in [0, 0.05) is 17.0 Å². The Morgan fingerprint density at radius 1 is 1.44 bits per heavy atom. The van der Waals surface area contributed by atoms with Crippen LogP contribution in [0.25, 0.3) is 0 Å². The van der Waals surface area contributed by atoms with E-state index < -0.39 is 0 Å². The Labute approximate surface area is 117 Å². The summed E-state index contributed by atoms with van der Waals surface area (Å²) < 4.78 is 7.13. The van der Waals surface area contributed by atoms with Gasteiger partial charge in [-0.1, -0.05) is 12.1 Å². The van der Waals surface area contributed by atoms with Crippen molar-refractivity contribution in [3.05, 3.63) is 28.2 Å². The largest absolute Gasteiger partial charge is 0.492 e. The highest BCUT2D eigenvalue weighted by Gasteiger charge is 2.49. The molecule has 1 atom stereocenters. The Kier molecular flexibility index (Phi) is 3.15. The summed E-state index contributed by atoms with van der Waals surface area (Å²) in [5.41, 5.74) is 7.64. The summed E-state index contributed by atoms with van der Waals surface area (Å²) >= 11 is 3.62. The summed E-state index contributed by atoms with van der Waals surface area (Å²) in [5.74, 6) is 1.80. The summed E-state index contributed by atoms with van der Waals surface area (Å²) in [5, 5.41) is 0. The molecule has 0 bridgehead atoms. The second-order valence-electron chi connectivity index (χ2n) is 5.82. The van der Waals surface area contributed by atoms with Crippen LogP contribution in [-0.2, 0) is 5.41 Å². The molecular weight excluding hydrogens is 290 g/mol. The second-order valence-corrected chi connectivity index (χ2v) is 6.67. The molecule has 0 amide bonds. The van der Waals surface area contributed by atoms with Crippen LogP contribution in [0.5, 0.6) is 5.75 Å². The molecule has 2 aliphatic rings. The van der Waals surface area contributed by atoms with Crippen LogP contribution in [0.15, 0.2) is 22.7 Å². The highest BCUT2D eigenvalue weighted by Crippen LogP contribution is 2.54. The number of para-hydroxylation sites is 1. The number of halogens is 1. The van der Waals surface area contributed by atoms with Crippen LogP contribution < -0.4 is 10.5 Å². The van der Waals surface area contributed by atoms with Crippen molar-refractivity contribution in [3.63, 3.8) is 0 Å². The first kappa shape index (κ1) is 12.5. The van der Waals surface area contributed by atoms with Gasteiger partial charge in [-0.05, 0) is 60.5 Å². The number of hydrogen-bond acceptors (Lipinski definition) is 2. The van der Waals surface area contributed by atoms with E-state index in [0.717, 1.165) is 22.7 Å². The number of benzene rings is 1. The minimum atomic E-state index is 0.155. The first-order chi connectivity index (χ1) is 8.63. The standard InChI is InChI=1S/C15H20BrNO/c1-10(17)15(7-8-15)12-3-2-4-13(16)14(12)18-9-11-5-6-11/h2-4,10-11H,5-9,17H2,1H3. The van der Waals surface area contributed by atoms with Crippen molar-refractivity contribution < 1.29 is 4.74 Å². The molecule has 3 heteroatoms. The summed E-state index contributed by atoms with van der Waals surface area (Å²) in [6.07, 6.45) is 5.00. The maximum atomic E-state index is 6.18. The zero-order valence-electron chi connectivity index (χ0n) is 10.8. The lowest BCUT2D eigenvalue weighted by molar-refractivity contribution is 0.291. The Bertz CT molecular complexity index is 450. The third-order valence-electron chi connectivity index (χ3n) is 4.32. The molecule has 1 aromatic carbocycles. The van der Waals surface area contributed by atoms with Crippen LogP contribution in [0.4, 0.5) is 0 Å². The van der Waals surface area contributed by atoms with Gasteiger partial charge >= 0.3 is 0 Å². The molecule has 0 radical (unpaired) electrons. The minimum absolute atomic E-state index is 0.155. The van der Waals surface area contributed by atoms with E-state index in [4.69, 9.17) is 10.5 Å². The zero-order chi connectivity index (χ0) is 12.8. The first-order valence-electron chi connectivity index (χ1n) is 6.81. The van der Waals surface area contributed by atoms with Crippen molar-refractivity contribution in [1.82, 2.24) is 0 Å². The van der Waals surface area contributed by atoms with E-state index in [2.05, 4.69) is 41.1 Å². The molecule has 98 valence electrons. The summed E-state index contributed by atoms with van der Waals surface area (Å²) in [6, 6.07) is 6.52. The fourth-order valence-corrected chi connectivity index (χ4v) is 3.12. The molecule has 2 fully saturated rings. The molecule has 2 saturated carbocycles. The predicted octanol–water partition coefficient (Wildman–Crippen LogP) is 3.62. The second kappa shape index (κ2) is 4.53. The van der Waals surface area contributed by atoms with Crippen molar-refractivity contribution in [2.75, 3.05) is 6.61 Å². The van der Waals surface area contributed by atoms with E-state index in [1.54, 1.807) is 0 Å². The molecule has 1 aromatic rings. The first-order valence-corrected chi connectivity index (χ1v) is 7.60. The molecule has 2 nitrogen and oxygen atoms in total. The van der Waals surface area contributed by atoms with E-state index in [1.165, 1.54) is 31.2 Å². The highest BCUT2D eigenvalue weighted by molar-refractivity contribution is 9.10. The SMILES string of the molecule is CC(N)C1(c2cccc(Br)c2OCC2CC2)CC1. The Hall–Kier alpha value is -0.540. The van der Waals surface area contributed by atoms with Crippen molar-refractivity contribution in [3.8, 4) is 5.75 Å². The van der Waals surface area contributed by atoms with E-state index in [0.29, 0.717) is 0 Å². The van der Waals surface area contributed by atoms with E-state index in [-0.39, 0.29) is 11.5 Å². The number of rotatable bonds is 5. The van der Waals surface area contributed by atoms with Crippen LogP contribution in [-0.4, -0.2) is 12.6 Å². The molecule has 1 unspecified atom stereocenters. The van der Waals surface area contributed by atoms with E-state index >= 15 is 0 Å². The molecule has 3 rings (SSSR count). The maximum absolute atomic E-state index is 6.18. The van der Waals surface area contributed by atoms with Crippen LogP contribution >= 0.6 is 15.9 Å². The maximum Gasteiger partial charge on any atom is 0.137 e. The molecule has 0 aromatic heterocycles. The van der Waals surface area contributed by atoms with Gasteiger partial charge in [-0.25, -0.2) is 0 Å². The van der Waals surface area contributed by atoms with E-state index in [1.807, 2.05) is 0 Å².